The number of nitrogens with zero attached hydrogens (tertiary/aromatic N) is 1. The van der Waals surface area contributed by atoms with Gasteiger partial charge in [-0.2, -0.15) is 0 Å². The molecule has 2 aromatic carbocycles. The fraction of sp³-hybridized carbons (Fsp3) is 0.200. The first-order valence-electron chi connectivity index (χ1n) is 7.91. The maximum absolute atomic E-state index is 12.5. The van der Waals surface area contributed by atoms with Crippen molar-refractivity contribution >= 4 is 28.3 Å². The Morgan fingerprint density at radius 2 is 2.00 bits per heavy atom. The lowest BCUT2D eigenvalue weighted by molar-refractivity contribution is 0.0877. The second kappa shape index (κ2) is 7.21. The largest absolute Gasteiger partial charge is 0.496 e. The van der Waals surface area contributed by atoms with E-state index in [1.807, 2.05) is 25.1 Å². The van der Waals surface area contributed by atoms with Crippen LogP contribution >= 0.6 is 11.6 Å². The van der Waals surface area contributed by atoms with Crippen LogP contribution in [0.15, 0.2) is 48.5 Å². The van der Waals surface area contributed by atoms with Crippen molar-refractivity contribution in [1.82, 2.24) is 4.98 Å². The molecule has 0 aliphatic heterocycles. The second-order valence-corrected chi connectivity index (χ2v) is 6.22. The number of aliphatic hydroxyl groups is 1. The van der Waals surface area contributed by atoms with Gasteiger partial charge in [-0.3, -0.25) is 4.79 Å². The molecule has 128 valence electrons. The van der Waals surface area contributed by atoms with Crippen LogP contribution in [0.25, 0.3) is 10.9 Å². The zero-order valence-corrected chi connectivity index (χ0v) is 14.7. The molecule has 0 fully saturated rings. The molecule has 4 nitrogen and oxygen atoms in total. The fourth-order valence-corrected chi connectivity index (χ4v) is 3.11. The normalized spacial score (nSPS) is 12.2. The van der Waals surface area contributed by atoms with Crippen LogP contribution < -0.4 is 4.74 Å². The molecule has 0 saturated heterocycles. The van der Waals surface area contributed by atoms with Crippen molar-refractivity contribution in [3.63, 3.8) is 0 Å². The number of aliphatic hydroxyl groups excluding tert-OH is 1. The van der Waals surface area contributed by atoms with E-state index in [4.69, 9.17) is 16.3 Å². The molecule has 1 heterocycles. The Kier molecular flexibility index (Phi) is 5.02. The van der Waals surface area contributed by atoms with Crippen LogP contribution in [0.5, 0.6) is 5.75 Å². The third kappa shape index (κ3) is 3.50. The maximum atomic E-state index is 12.5. The Labute approximate surface area is 151 Å². The molecule has 3 rings (SSSR count). The number of Topliss-reactive ketones (excluding diaryl/α,β-unsaturated/α-hetero) is 1. The van der Waals surface area contributed by atoms with Gasteiger partial charge in [0.2, 0.25) is 0 Å². The standard InChI is InChI=1S/C20H18ClNO3/c1-12-6-5-7-13-10-15(20(21)22-19(12)13)17(24)11-16(23)14-8-3-4-9-18(14)25-2/h3-10,17,24H,11H2,1-2H3. The number of rotatable bonds is 5. The highest BCUT2D eigenvalue weighted by Crippen LogP contribution is 2.30. The first-order valence-corrected chi connectivity index (χ1v) is 8.29. The van der Waals surface area contributed by atoms with E-state index < -0.39 is 6.10 Å². The molecule has 0 amide bonds. The predicted molar refractivity (Wildman–Crippen MR) is 98.4 cm³/mol. The van der Waals surface area contributed by atoms with Gasteiger partial charge in [-0.05, 0) is 30.7 Å². The van der Waals surface area contributed by atoms with Crippen LogP contribution in [0.4, 0.5) is 0 Å². The van der Waals surface area contributed by atoms with Crippen molar-refractivity contribution in [1.29, 1.82) is 0 Å². The van der Waals surface area contributed by atoms with E-state index >= 15 is 0 Å². The zero-order valence-electron chi connectivity index (χ0n) is 14.0. The lowest BCUT2D eigenvalue weighted by Gasteiger charge is -2.14. The fourth-order valence-electron chi connectivity index (χ4n) is 2.84. The Morgan fingerprint density at radius 1 is 1.24 bits per heavy atom. The summed E-state index contributed by atoms with van der Waals surface area (Å²) in [5.74, 6) is 0.267. The van der Waals surface area contributed by atoms with Gasteiger partial charge in [-0.1, -0.05) is 41.9 Å². The van der Waals surface area contributed by atoms with E-state index in [0.29, 0.717) is 16.9 Å². The van der Waals surface area contributed by atoms with Crippen molar-refractivity contribution in [2.24, 2.45) is 0 Å². The van der Waals surface area contributed by atoms with E-state index in [2.05, 4.69) is 4.98 Å². The number of benzene rings is 2. The van der Waals surface area contributed by atoms with Gasteiger partial charge < -0.3 is 9.84 Å². The minimum absolute atomic E-state index is 0.0981. The number of aromatic nitrogens is 1. The zero-order chi connectivity index (χ0) is 18.0. The van der Waals surface area contributed by atoms with Gasteiger partial charge in [0.15, 0.2) is 5.78 Å². The van der Waals surface area contributed by atoms with Gasteiger partial charge in [0, 0.05) is 17.4 Å². The van der Waals surface area contributed by atoms with E-state index in [-0.39, 0.29) is 17.4 Å². The number of halogens is 1. The van der Waals surface area contributed by atoms with Gasteiger partial charge in [0.05, 0.1) is 24.3 Å². The molecule has 1 aromatic heterocycles. The molecule has 25 heavy (non-hydrogen) atoms. The molecule has 0 aliphatic carbocycles. The summed E-state index contributed by atoms with van der Waals surface area (Å²) in [4.78, 5) is 16.9. The summed E-state index contributed by atoms with van der Waals surface area (Å²) in [5, 5.41) is 11.6. The monoisotopic (exact) mass is 355 g/mol. The van der Waals surface area contributed by atoms with Gasteiger partial charge in [-0.25, -0.2) is 4.98 Å². The van der Waals surface area contributed by atoms with Crippen molar-refractivity contribution < 1.29 is 14.6 Å². The number of methoxy groups -OCH3 is 1. The minimum atomic E-state index is -1.04. The number of ether oxygens (including phenoxy) is 1. The van der Waals surface area contributed by atoms with E-state index in [0.717, 1.165) is 16.5 Å². The highest BCUT2D eigenvalue weighted by molar-refractivity contribution is 6.30. The molecular formula is C20H18ClNO3. The number of hydrogen-bond acceptors (Lipinski definition) is 4. The van der Waals surface area contributed by atoms with Crippen LogP contribution in [-0.2, 0) is 0 Å². The lowest BCUT2D eigenvalue weighted by atomic mass is 9.99. The molecule has 0 aliphatic rings. The van der Waals surface area contributed by atoms with Crippen LogP contribution in [0.3, 0.4) is 0 Å². The maximum Gasteiger partial charge on any atom is 0.169 e. The SMILES string of the molecule is COc1ccccc1C(=O)CC(O)c1cc2cccc(C)c2nc1Cl. The molecule has 0 spiro atoms. The Morgan fingerprint density at radius 3 is 2.76 bits per heavy atom. The van der Waals surface area contributed by atoms with Crippen LogP contribution in [0.2, 0.25) is 5.15 Å². The lowest BCUT2D eigenvalue weighted by Crippen LogP contribution is -2.09. The van der Waals surface area contributed by atoms with Crippen LogP contribution in [-0.4, -0.2) is 23.0 Å². The van der Waals surface area contributed by atoms with Crippen molar-refractivity contribution in [2.75, 3.05) is 7.11 Å². The summed E-state index contributed by atoms with van der Waals surface area (Å²) in [6, 6.07) is 14.5. The molecule has 1 N–H and O–H groups in total. The molecule has 0 radical (unpaired) electrons. The molecule has 0 saturated carbocycles. The third-order valence-corrected chi connectivity index (χ3v) is 4.48. The second-order valence-electron chi connectivity index (χ2n) is 5.86. The number of carbonyl (C=O) groups excluding carboxylic acids is 1. The highest BCUT2D eigenvalue weighted by atomic mass is 35.5. The molecule has 3 aromatic rings. The molecule has 1 atom stereocenters. The van der Waals surface area contributed by atoms with Crippen molar-refractivity contribution in [3.8, 4) is 5.75 Å². The van der Waals surface area contributed by atoms with Gasteiger partial charge in [-0.15, -0.1) is 0 Å². The Hall–Kier alpha value is -2.43. The average molecular weight is 356 g/mol. The summed E-state index contributed by atoms with van der Waals surface area (Å²) in [7, 11) is 1.51. The summed E-state index contributed by atoms with van der Waals surface area (Å²) >= 11 is 6.25. The van der Waals surface area contributed by atoms with Crippen molar-refractivity contribution in [2.45, 2.75) is 19.4 Å². The molecule has 5 heteroatoms. The molecule has 0 bridgehead atoms. The number of aryl methyl sites for hydroxylation is 1. The Bertz CT molecular complexity index is 939. The number of ketones is 1. The highest BCUT2D eigenvalue weighted by Gasteiger charge is 2.20. The number of para-hydroxylation sites is 2. The summed E-state index contributed by atoms with van der Waals surface area (Å²) < 4.78 is 5.21. The minimum Gasteiger partial charge on any atom is -0.496 e. The van der Waals surface area contributed by atoms with Gasteiger partial charge >= 0.3 is 0 Å². The van der Waals surface area contributed by atoms with Crippen molar-refractivity contribution in [3.05, 3.63) is 70.4 Å². The number of carbonyl (C=O) groups is 1. The van der Waals surface area contributed by atoms with Crippen LogP contribution in [0.1, 0.15) is 34.0 Å². The average Bonchev–Trinajstić information content (AvgIpc) is 2.61. The third-order valence-electron chi connectivity index (χ3n) is 4.17. The number of pyridine rings is 1. The molecular weight excluding hydrogens is 338 g/mol. The van der Waals surface area contributed by atoms with E-state index in [9.17, 15) is 9.90 Å². The number of fused-ring (bicyclic) bond motifs is 1. The quantitative estimate of drug-likeness (QED) is 0.540. The summed E-state index contributed by atoms with van der Waals surface area (Å²) in [5.41, 5.74) is 2.68. The summed E-state index contributed by atoms with van der Waals surface area (Å²) in [6.07, 6.45) is -1.14. The van der Waals surface area contributed by atoms with Crippen LogP contribution in [0, 0.1) is 6.92 Å². The smallest absolute Gasteiger partial charge is 0.169 e. The first kappa shape index (κ1) is 17.4. The van der Waals surface area contributed by atoms with Gasteiger partial charge in [0.1, 0.15) is 10.9 Å². The summed E-state index contributed by atoms with van der Waals surface area (Å²) in [6.45, 7) is 1.95. The van der Waals surface area contributed by atoms with Gasteiger partial charge in [0.25, 0.3) is 0 Å². The van der Waals surface area contributed by atoms with E-state index in [1.54, 1.807) is 30.3 Å². The topological polar surface area (TPSA) is 59.4 Å². The number of hydrogen-bond donors (Lipinski definition) is 1. The van der Waals surface area contributed by atoms with E-state index in [1.165, 1.54) is 7.11 Å². The Balaban J connectivity index is 1.91. The molecule has 1 unspecified atom stereocenters. The first-order chi connectivity index (χ1) is 12.0. The predicted octanol–water partition coefficient (Wildman–Crippen LogP) is 4.51.